The topological polar surface area (TPSA) is 52.6 Å². The summed E-state index contributed by atoms with van der Waals surface area (Å²) in [6, 6.07) is 9.58. The van der Waals surface area contributed by atoms with Gasteiger partial charge < -0.3 is 9.47 Å². The van der Waals surface area contributed by atoms with E-state index in [-0.39, 0.29) is 24.2 Å². The minimum Gasteiger partial charge on any atom is -0.494 e. The summed E-state index contributed by atoms with van der Waals surface area (Å²) in [5.74, 6) is -1.48. The van der Waals surface area contributed by atoms with Gasteiger partial charge in [0.05, 0.1) is 13.0 Å². The fraction of sp³-hybridized carbons (Fsp3) is 0.300. The van der Waals surface area contributed by atoms with Crippen molar-refractivity contribution in [1.29, 1.82) is 0 Å². The summed E-state index contributed by atoms with van der Waals surface area (Å²) in [7, 11) is 0. The van der Waals surface area contributed by atoms with E-state index in [1.165, 1.54) is 6.92 Å². The molecule has 4 nitrogen and oxygen atoms in total. The van der Waals surface area contributed by atoms with Gasteiger partial charge in [0.1, 0.15) is 23.5 Å². The Kier molecular flexibility index (Phi) is 6.83. The first kappa shape index (κ1) is 19.6. The maximum absolute atomic E-state index is 13.7. The van der Waals surface area contributed by atoms with Crippen molar-refractivity contribution in [2.45, 2.75) is 32.8 Å². The average molecular weight is 362 g/mol. The Balaban J connectivity index is 1.87. The van der Waals surface area contributed by atoms with Crippen LogP contribution in [0.4, 0.5) is 8.78 Å². The number of halogens is 2. The van der Waals surface area contributed by atoms with Crippen LogP contribution in [0.2, 0.25) is 0 Å². The van der Waals surface area contributed by atoms with Crippen LogP contribution in [0.25, 0.3) is 0 Å². The van der Waals surface area contributed by atoms with Gasteiger partial charge in [-0.3, -0.25) is 9.59 Å². The van der Waals surface area contributed by atoms with Crippen LogP contribution in [0.1, 0.15) is 48.7 Å². The molecule has 0 spiro atoms. The first-order valence-corrected chi connectivity index (χ1v) is 8.31. The van der Waals surface area contributed by atoms with Crippen molar-refractivity contribution in [2.75, 3.05) is 6.61 Å². The molecule has 0 saturated heterocycles. The Labute approximate surface area is 150 Å². The molecule has 0 bridgehead atoms. The van der Waals surface area contributed by atoms with Crippen LogP contribution < -0.4 is 4.74 Å². The van der Waals surface area contributed by atoms with E-state index < -0.39 is 23.7 Å². The molecule has 0 fully saturated rings. The number of esters is 1. The summed E-state index contributed by atoms with van der Waals surface area (Å²) in [5.41, 5.74) is 0.418. The molecule has 26 heavy (non-hydrogen) atoms. The first-order chi connectivity index (χ1) is 12.4. The molecule has 0 N–H and O–H groups in total. The molecule has 0 aromatic heterocycles. The van der Waals surface area contributed by atoms with Gasteiger partial charge in [-0.1, -0.05) is 0 Å². The zero-order chi connectivity index (χ0) is 19.1. The van der Waals surface area contributed by atoms with Crippen LogP contribution in [0.5, 0.6) is 5.75 Å². The van der Waals surface area contributed by atoms with Gasteiger partial charge in [0.2, 0.25) is 0 Å². The third kappa shape index (κ3) is 5.37. The molecule has 2 rings (SSSR count). The summed E-state index contributed by atoms with van der Waals surface area (Å²) >= 11 is 0. The third-order valence-corrected chi connectivity index (χ3v) is 3.75. The van der Waals surface area contributed by atoms with Crippen LogP contribution in [-0.4, -0.2) is 18.4 Å². The molecule has 0 radical (unpaired) electrons. The molecule has 0 aliphatic carbocycles. The molecule has 0 aliphatic heterocycles. The van der Waals surface area contributed by atoms with Crippen molar-refractivity contribution < 1.29 is 27.8 Å². The SMILES string of the molecule is CCOc1ccc(C(=O)CCC(=O)OC(C)c2cc(F)ccc2F)cc1. The number of benzene rings is 2. The van der Waals surface area contributed by atoms with Crippen molar-refractivity contribution in [2.24, 2.45) is 0 Å². The average Bonchev–Trinajstić information content (AvgIpc) is 2.62. The monoisotopic (exact) mass is 362 g/mol. The lowest BCUT2D eigenvalue weighted by atomic mass is 10.1. The molecule has 1 atom stereocenters. The molecule has 0 aliphatic rings. The van der Waals surface area contributed by atoms with Crippen molar-refractivity contribution in [3.63, 3.8) is 0 Å². The lowest BCUT2D eigenvalue weighted by molar-refractivity contribution is -0.148. The van der Waals surface area contributed by atoms with E-state index in [4.69, 9.17) is 9.47 Å². The second-order valence-corrected chi connectivity index (χ2v) is 5.68. The predicted octanol–water partition coefficient (Wildman–Crippen LogP) is 4.63. The predicted molar refractivity (Wildman–Crippen MR) is 92.0 cm³/mol. The Morgan fingerprint density at radius 1 is 1.04 bits per heavy atom. The number of rotatable bonds is 8. The summed E-state index contributed by atoms with van der Waals surface area (Å²) in [4.78, 5) is 24.0. The Bertz CT molecular complexity index is 772. The van der Waals surface area contributed by atoms with Crippen LogP contribution in [0.3, 0.4) is 0 Å². The van der Waals surface area contributed by atoms with E-state index in [0.717, 1.165) is 18.2 Å². The number of carbonyl (C=O) groups is 2. The third-order valence-electron chi connectivity index (χ3n) is 3.75. The minimum atomic E-state index is -0.946. The fourth-order valence-corrected chi connectivity index (χ4v) is 2.41. The fourth-order valence-electron chi connectivity index (χ4n) is 2.41. The largest absolute Gasteiger partial charge is 0.494 e. The molecule has 138 valence electrons. The van der Waals surface area contributed by atoms with Crippen LogP contribution in [0.15, 0.2) is 42.5 Å². The molecule has 2 aromatic rings. The number of ketones is 1. The van der Waals surface area contributed by atoms with Gasteiger partial charge in [0.25, 0.3) is 0 Å². The van der Waals surface area contributed by atoms with Gasteiger partial charge in [-0.25, -0.2) is 8.78 Å². The normalized spacial score (nSPS) is 11.7. The first-order valence-electron chi connectivity index (χ1n) is 8.31. The second kappa shape index (κ2) is 9.08. The van der Waals surface area contributed by atoms with E-state index in [1.54, 1.807) is 24.3 Å². The number of carbonyl (C=O) groups excluding carboxylic acids is 2. The van der Waals surface area contributed by atoms with Crippen molar-refractivity contribution in [1.82, 2.24) is 0 Å². The van der Waals surface area contributed by atoms with E-state index in [1.807, 2.05) is 6.92 Å². The quantitative estimate of drug-likeness (QED) is 0.507. The van der Waals surface area contributed by atoms with Crippen LogP contribution >= 0.6 is 0 Å². The molecule has 1 unspecified atom stereocenters. The van der Waals surface area contributed by atoms with Gasteiger partial charge in [0.15, 0.2) is 5.78 Å². The second-order valence-electron chi connectivity index (χ2n) is 5.68. The Morgan fingerprint density at radius 3 is 2.38 bits per heavy atom. The zero-order valence-electron chi connectivity index (χ0n) is 14.6. The maximum Gasteiger partial charge on any atom is 0.306 e. The lowest BCUT2D eigenvalue weighted by Gasteiger charge is -2.14. The molecular formula is C20H20F2O4. The number of hydrogen-bond donors (Lipinski definition) is 0. The van der Waals surface area contributed by atoms with Gasteiger partial charge in [-0.2, -0.15) is 0 Å². The highest BCUT2D eigenvalue weighted by molar-refractivity contribution is 5.97. The molecule has 0 saturated carbocycles. The van der Waals surface area contributed by atoms with Gasteiger partial charge >= 0.3 is 5.97 Å². The van der Waals surface area contributed by atoms with Crippen LogP contribution in [-0.2, 0) is 9.53 Å². The lowest BCUT2D eigenvalue weighted by Crippen LogP contribution is -2.12. The van der Waals surface area contributed by atoms with E-state index in [0.29, 0.717) is 17.9 Å². The van der Waals surface area contributed by atoms with E-state index >= 15 is 0 Å². The standard InChI is InChI=1S/C20H20F2O4/c1-3-25-16-7-4-14(5-8-16)19(23)10-11-20(24)26-13(2)17-12-15(21)6-9-18(17)22/h4-9,12-13H,3,10-11H2,1-2H3. The summed E-state index contributed by atoms with van der Waals surface area (Å²) in [5, 5.41) is 0. The zero-order valence-corrected chi connectivity index (χ0v) is 14.6. The summed E-state index contributed by atoms with van der Waals surface area (Å²) in [6.07, 6.45) is -1.13. The van der Waals surface area contributed by atoms with Crippen molar-refractivity contribution in [3.05, 3.63) is 65.2 Å². The van der Waals surface area contributed by atoms with Gasteiger partial charge in [0, 0.05) is 17.5 Å². The van der Waals surface area contributed by atoms with E-state index in [2.05, 4.69) is 0 Å². The number of ether oxygens (including phenoxy) is 2. The summed E-state index contributed by atoms with van der Waals surface area (Å²) in [6.45, 7) is 3.84. The number of hydrogen-bond acceptors (Lipinski definition) is 4. The molecule has 2 aromatic carbocycles. The highest BCUT2D eigenvalue weighted by atomic mass is 19.1. The maximum atomic E-state index is 13.7. The minimum absolute atomic E-state index is 0.0365. The highest BCUT2D eigenvalue weighted by Gasteiger charge is 2.17. The smallest absolute Gasteiger partial charge is 0.306 e. The van der Waals surface area contributed by atoms with Crippen molar-refractivity contribution in [3.8, 4) is 5.75 Å². The van der Waals surface area contributed by atoms with Gasteiger partial charge in [-0.05, 0) is 56.3 Å². The molecule has 6 heteroatoms. The Morgan fingerprint density at radius 2 is 1.73 bits per heavy atom. The molecule has 0 heterocycles. The molecule has 0 amide bonds. The number of Topliss-reactive ketones (excluding diaryl/α,β-unsaturated/α-hetero) is 1. The molecular weight excluding hydrogens is 342 g/mol. The Hall–Kier alpha value is -2.76. The highest BCUT2D eigenvalue weighted by Crippen LogP contribution is 2.22. The van der Waals surface area contributed by atoms with Gasteiger partial charge in [-0.15, -0.1) is 0 Å². The summed E-state index contributed by atoms with van der Waals surface area (Å²) < 4.78 is 37.3. The van der Waals surface area contributed by atoms with E-state index in [9.17, 15) is 18.4 Å². The van der Waals surface area contributed by atoms with Crippen molar-refractivity contribution >= 4 is 11.8 Å². The van der Waals surface area contributed by atoms with Crippen LogP contribution in [0, 0.1) is 11.6 Å².